The zero-order chi connectivity index (χ0) is 26.9. The van der Waals surface area contributed by atoms with Gasteiger partial charge in [-0.2, -0.15) is 0 Å². The van der Waals surface area contributed by atoms with Crippen molar-refractivity contribution in [3.63, 3.8) is 0 Å². The molecule has 0 unspecified atom stereocenters. The highest BCUT2D eigenvalue weighted by Crippen LogP contribution is 2.40. The van der Waals surface area contributed by atoms with Gasteiger partial charge in [0.1, 0.15) is 11.2 Å². The van der Waals surface area contributed by atoms with E-state index in [0.717, 1.165) is 21.6 Å². The average molecular weight is 498 g/mol. The monoisotopic (exact) mass is 497 g/mol. The molecule has 0 aromatic heterocycles. The van der Waals surface area contributed by atoms with E-state index >= 15 is 0 Å². The molecule has 3 rings (SSSR count). The molecule has 2 amide bonds. The molecule has 0 bridgehead atoms. The first-order valence-electron chi connectivity index (χ1n) is 12.3. The maximum absolute atomic E-state index is 13.2. The second-order valence-corrected chi connectivity index (χ2v) is 9.63. The van der Waals surface area contributed by atoms with Crippen LogP contribution in [-0.2, 0) is 19.9 Å². The van der Waals surface area contributed by atoms with Crippen molar-refractivity contribution in [1.29, 1.82) is 0 Å². The van der Waals surface area contributed by atoms with Crippen molar-refractivity contribution in [2.24, 2.45) is 0 Å². The minimum absolute atomic E-state index is 0.00961. The van der Waals surface area contributed by atoms with Gasteiger partial charge in [0, 0.05) is 6.42 Å². The molecule has 192 valence electrons. The van der Waals surface area contributed by atoms with E-state index in [1.165, 1.54) is 12.2 Å². The van der Waals surface area contributed by atoms with E-state index < -0.39 is 29.2 Å². The Hall–Kier alpha value is -3.96. The first-order chi connectivity index (χ1) is 17.7. The third-order valence-corrected chi connectivity index (χ3v) is 5.79. The molecule has 5 nitrogen and oxygen atoms in total. The first kappa shape index (κ1) is 27.6. The molecule has 0 spiro atoms. The van der Waals surface area contributed by atoms with Gasteiger partial charge in [0.2, 0.25) is 5.91 Å². The molecule has 0 radical (unpaired) electrons. The fourth-order valence-electron chi connectivity index (χ4n) is 4.18. The van der Waals surface area contributed by atoms with Crippen LogP contribution in [0.5, 0.6) is 0 Å². The molecule has 0 N–H and O–H groups in total. The van der Waals surface area contributed by atoms with E-state index in [4.69, 9.17) is 9.47 Å². The number of benzene rings is 3. The molecule has 1 atom stereocenters. The van der Waals surface area contributed by atoms with Gasteiger partial charge in [0.05, 0.1) is 12.6 Å². The van der Waals surface area contributed by atoms with Crippen LogP contribution >= 0.6 is 0 Å². The summed E-state index contributed by atoms with van der Waals surface area (Å²) in [6, 6.07) is 28.9. The summed E-state index contributed by atoms with van der Waals surface area (Å²) < 4.78 is 12.4. The Balaban J connectivity index is 2.10. The summed E-state index contributed by atoms with van der Waals surface area (Å²) in [4.78, 5) is 27.3. The van der Waals surface area contributed by atoms with E-state index in [1.54, 1.807) is 20.8 Å². The van der Waals surface area contributed by atoms with Crippen molar-refractivity contribution in [1.82, 2.24) is 4.90 Å². The second-order valence-electron chi connectivity index (χ2n) is 9.63. The predicted octanol–water partition coefficient (Wildman–Crippen LogP) is 6.89. The fourth-order valence-corrected chi connectivity index (χ4v) is 4.18. The fraction of sp³-hybridized carbons (Fsp3) is 0.250. The zero-order valence-electron chi connectivity index (χ0n) is 21.8. The summed E-state index contributed by atoms with van der Waals surface area (Å²) in [5, 5.41) is 0. The Bertz CT molecular complexity index is 1090. The summed E-state index contributed by atoms with van der Waals surface area (Å²) in [5.41, 5.74) is 0.953. The third kappa shape index (κ3) is 6.63. The normalized spacial score (nSPS) is 12.3. The van der Waals surface area contributed by atoms with Crippen LogP contribution in [0, 0.1) is 0 Å². The number of ether oxygens (including phenoxy) is 2. The van der Waals surface area contributed by atoms with Gasteiger partial charge in [-0.05, 0) is 37.5 Å². The van der Waals surface area contributed by atoms with Crippen LogP contribution in [0.1, 0.15) is 43.9 Å². The van der Waals surface area contributed by atoms with E-state index in [-0.39, 0.29) is 13.0 Å². The topological polar surface area (TPSA) is 55.8 Å². The minimum atomic E-state index is -1.01. The number of amides is 2. The lowest BCUT2D eigenvalue weighted by molar-refractivity contribution is -0.132. The molecule has 0 heterocycles. The van der Waals surface area contributed by atoms with Crippen molar-refractivity contribution in [3.8, 4) is 0 Å². The lowest BCUT2D eigenvalue weighted by Gasteiger charge is -2.38. The van der Waals surface area contributed by atoms with Crippen LogP contribution in [0.4, 0.5) is 4.79 Å². The first-order valence-corrected chi connectivity index (χ1v) is 12.3. The summed E-state index contributed by atoms with van der Waals surface area (Å²) in [5.74, 6) is -0.442. The molecule has 0 saturated heterocycles. The van der Waals surface area contributed by atoms with E-state index in [2.05, 4.69) is 13.2 Å². The van der Waals surface area contributed by atoms with Crippen LogP contribution in [0.3, 0.4) is 0 Å². The van der Waals surface area contributed by atoms with Gasteiger partial charge in [-0.3, -0.25) is 4.79 Å². The SMILES string of the molecule is C=CCC(=O)N(C(=O)OC(C)(C)C)[C@H](C=C)COC(c1ccccc1)(c1ccccc1)c1ccccc1. The van der Waals surface area contributed by atoms with Gasteiger partial charge >= 0.3 is 6.09 Å². The van der Waals surface area contributed by atoms with Crippen LogP contribution < -0.4 is 0 Å². The van der Waals surface area contributed by atoms with Gasteiger partial charge in [-0.1, -0.05) is 103 Å². The summed E-state index contributed by atoms with van der Waals surface area (Å²) in [6.45, 7) is 12.8. The Morgan fingerprint density at radius 2 is 1.24 bits per heavy atom. The molecule has 37 heavy (non-hydrogen) atoms. The number of carbonyl (C=O) groups is 2. The zero-order valence-corrected chi connectivity index (χ0v) is 21.8. The second kappa shape index (κ2) is 12.3. The number of nitrogens with zero attached hydrogens (tertiary/aromatic N) is 1. The Labute approximate surface area is 220 Å². The van der Waals surface area contributed by atoms with Crippen LogP contribution in [0.2, 0.25) is 0 Å². The van der Waals surface area contributed by atoms with Crippen molar-refractivity contribution in [3.05, 3.63) is 133 Å². The Kier molecular flexibility index (Phi) is 9.20. The van der Waals surface area contributed by atoms with Gasteiger partial charge in [-0.15, -0.1) is 13.2 Å². The van der Waals surface area contributed by atoms with Crippen LogP contribution in [0.25, 0.3) is 0 Å². The summed E-state index contributed by atoms with van der Waals surface area (Å²) in [7, 11) is 0. The molecule has 3 aromatic rings. The molecule has 0 fully saturated rings. The lowest BCUT2D eigenvalue weighted by Crippen LogP contribution is -2.49. The van der Waals surface area contributed by atoms with Gasteiger partial charge in [-0.25, -0.2) is 9.69 Å². The smallest absolute Gasteiger partial charge is 0.417 e. The molecule has 0 aliphatic rings. The third-order valence-electron chi connectivity index (χ3n) is 5.79. The predicted molar refractivity (Wildman–Crippen MR) is 147 cm³/mol. The highest BCUT2D eigenvalue weighted by Gasteiger charge is 2.40. The Morgan fingerprint density at radius 1 is 0.811 bits per heavy atom. The maximum Gasteiger partial charge on any atom is 0.417 e. The van der Waals surface area contributed by atoms with Gasteiger partial charge < -0.3 is 9.47 Å². The molecular weight excluding hydrogens is 462 g/mol. The highest BCUT2D eigenvalue weighted by molar-refractivity contribution is 5.93. The van der Waals surface area contributed by atoms with Crippen molar-refractivity contribution in [2.75, 3.05) is 6.61 Å². The number of imide groups is 1. The van der Waals surface area contributed by atoms with Crippen molar-refractivity contribution < 1.29 is 19.1 Å². The quantitative estimate of drug-likeness (QED) is 0.226. The van der Waals surface area contributed by atoms with E-state index in [0.29, 0.717) is 0 Å². The molecule has 0 aliphatic heterocycles. The molecule has 0 aliphatic carbocycles. The number of hydrogen-bond donors (Lipinski definition) is 0. The number of hydrogen-bond acceptors (Lipinski definition) is 4. The standard InChI is InChI=1S/C32H35NO4/c1-6-17-29(34)33(30(35)37-31(3,4)5)28(7-2)24-36-32(25-18-11-8-12-19-25,26-20-13-9-14-21-26)27-22-15-10-16-23-27/h6-16,18-23,28H,1-2,17,24H2,3-5H3/t28-/m1/s1. The van der Waals surface area contributed by atoms with Crippen LogP contribution in [0.15, 0.2) is 116 Å². The summed E-state index contributed by atoms with van der Waals surface area (Å²) in [6.07, 6.45) is 2.22. The van der Waals surface area contributed by atoms with Crippen LogP contribution in [-0.4, -0.2) is 35.2 Å². The molecule has 5 heteroatoms. The van der Waals surface area contributed by atoms with Crippen molar-refractivity contribution >= 4 is 12.0 Å². The van der Waals surface area contributed by atoms with E-state index in [1.807, 2.05) is 91.0 Å². The van der Waals surface area contributed by atoms with Crippen molar-refractivity contribution in [2.45, 2.75) is 44.4 Å². The number of carbonyl (C=O) groups excluding carboxylic acids is 2. The van der Waals surface area contributed by atoms with Gasteiger partial charge in [0.15, 0.2) is 0 Å². The average Bonchev–Trinajstić information content (AvgIpc) is 2.89. The number of rotatable bonds is 10. The lowest BCUT2D eigenvalue weighted by atomic mass is 9.80. The largest absolute Gasteiger partial charge is 0.443 e. The van der Waals surface area contributed by atoms with E-state index in [9.17, 15) is 9.59 Å². The highest BCUT2D eigenvalue weighted by atomic mass is 16.6. The molecule has 0 saturated carbocycles. The van der Waals surface area contributed by atoms with Gasteiger partial charge in [0.25, 0.3) is 0 Å². The molecular formula is C32H35NO4. The Morgan fingerprint density at radius 3 is 1.59 bits per heavy atom. The molecule has 3 aromatic carbocycles. The minimum Gasteiger partial charge on any atom is -0.443 e. The maximum atomic E-state index is 13.2. The summed E-state index contributed by atoms with van der Waals surface area (Å²) >= 11 is 0.